The minimum Gasteiger partial charge on any atom is -0.300 e. The number of carbonyl (C=O) groups is 2. The van der Waals surface area contributed by atoms with Gasteiger partial charge in [-0.2, -0.15) is 0 Å². The Morgan fingerprint density at radius 2 is 1.47 bits per heavy atom. The first-order chi connectivity index (χ1) is 9.09. The van der Waals surface area contributed by atoms with E-state index >= 15 is 0 Å². The van der Waals surface area contributed by atoms with Crippen molar-refractivity contribution in [1.82, 2.24) is 4.98 Å². The minimum absolute atomic E-state index is 0.0625. The molecule has 2 aromatic rings. The number of nitrogens with zero attached hydrogens (tertiary/aromatic N) is 1. The highest BCUT2D eigenvalue weighted by Gasteiger charge is 1.95. The number of rotatable bonds is 3. The van der Waals surface area contributed by atoms with Gasteiger partial charge in [0.25, 0.3) is 0 Å². The third-order valence-electron chi connectivity index (χ3n) is 2.23. The van der Waals surface area contributed by atoms with Crippen LogP contribution in [-0.2, 0) is 9.59 Å². The molecule has 0 aliphatic heterocycles. The normalized spacial score (nSPS) is 9.16. The molecule has 98 valence electrons. The summed E-state index contributed by atoms with van der Waals surface area (Å²) in [5, 5.41) is 0. The first-order valence-corrected chi connectivity index (χ1v) is 6.05. The number of Topliss-reactive ketones (excluding diaryl/α,β-unsaturated/α-hetero) is 2. The van der Waals surface area contributed by atoms with Crippen LogP contribution in [0.5, 0.6) is 0 Å². The zero-order valence-corrected chi connectivity index (χ0v) is 11.2. The van der Waals surface area contributed by atoms with E-state index in [2.05, 4.69) is 17.1 Å². The maximum Gasteiger partial charge on any atom is 0.137 e. The third-order valence-corrected chi connectivity index (χ3v) is 2.23. The van der Waals surface area contributed by atoms with Crippen LogP contribution in [0.15, 0.2) is 54.7 Å². The Balaban J connectivity index is 0.000000224. The van der Waals surface area contributed by atoms with Gasteiger partial charge in [0.05, 0.1) is 12.1 Å². The fraction of sp³-hybridized carbons (Fsp3) is 0.188. The van der Waals surface area contributed by atoms with Crippen LogP contribution in [0.2, 0.25) is 0 Å². The molecule has 0 amide bonds. The maximum absolute atomic E-state index is 10.0. The molecule has 1 aromatic heterocycles. The lowest BCUT2D eigenvalue weighted by molar-refractivity contribution is -0.124. The molecule has 3 nitrogen and oxygen atoms in total. The summed E-state index contributed by atoms with van der Waals surface area (Å²) in [6.45, 7) is 2.81. The zero-order valence-electron chi connectivity index (χ0n) is 11.2. The van der Waals surface area contributed by atoms with Crippen molar-refractivity contribution in [3.63, 3.8) is 0 Å². The molecule has 0 radical (unpaired) electrons. The molecule has 0 spiro atoms. The molecule has 3 heteroatoms. The summed E-state index contributed by atoms with van der Waals surface area (Å²) in [6.07, 6.45) is 1.89. The molecule has 0 saturated heterocycles. The standard InChI is InChI=1S/C11H9N.C5H8O2/c1-2-6-10(7-3-1)11-8-4-5-9-12-11;1-4(6)3-5(2)7/h1-9H;3H2,1-2H3. The van der Waals surface area contributed by atoms with Crippen LogP contribution in [0, 0.1) is 0 Å². The molecule has 0 fully saturated rings. The summed E-state index contributed by atoms with van der Waals surface area (Å²) in [5.74, 6) is -0.125. The van der Waals surface area contributed by atoms with E-state index in [0.717, 1.165) is 11.3 Å². The van der Waals surface area contributed by atoms with E-state index < -0.39 is 0 Å². The van der Waals surface area contributed by atoms with Crippen LogP contribution in [-0.4, -0.2) is 16.6 Å². The average molecular weight is 255 g/mol. The highest BCUT2D eigenvalue weighted by atomic mass is 16.1. The molecule has 0 N–H and O–H groups in total. The Morgan fingerprint density at radius 1 is 0.895 bits per heavy atom. The monoisotopic (exact) mass is 255 g/mol. The van der Waals surface area contributed by atoms with Gasteiger partial charge in [0, 0.05) is 11.8 Å². The Morgan fingerprint density at radius 3 is 1.89 bits per heavy atom. The predicted octanol–water partition coefficient (Wildman–Crippen LogP) is 3.30. The predicted molar refractivity (Wildman–Crippen MR) is 75.7 cm³/mol. The van der Waals surface area contributed by atoms with E-state index in [4.69, 9.17) is 0 Å². The van der Waals surface area contributed by atoms with Gasteiger partial charge in [-0.05, 0) is 26.0 Å². The first-order valence-electron chi connectivity index (χ1n) is 6.05. The average Bonchev–Trinajstić information content (AvgIpc) is 2.40. The van der Waals surface area contributed by atoms with Gasteiger partial charge in [-0.1, -0.05) is 36.4 Å². The molecule has 1 aromatic carbocycles. The molecule has 0 saturated carbocycles. The SMILES string of the molecule is CC(=O)CC(C)=O.c1ccc(-c2ccccn2)cc1. The van der Waals surface area contributed by atoms with Gasteiger partial charge in [0.2, 0.25) is 0 Å². The van der Waals surface area contributed by atoms with Gasteiger partial charge in [-0.3, -0.25) is 14.6 Å². The molecule has 0 atom stereocenters. The summed E-state index contributed by atoms with van der Waals surface area (Å²) in [4.78, 5) is 24.3. The fourth-order valence-corrected chi connectivity index (χ4v) is 1.49. The molecular weight excluding hydrogens is 238 g/mol. The van der Waals surface area contributed by atoms with Crippen LogP contribution >= 0.6 is 0 Å². The Hall–Kier alpha value is -2.29. The summed E-state index contributed by atoms with van der Waals surface area (Å²) in [5.41, 5.74) is 2.19. The molecule has 19 heavy (non-hydrogen) atoms. The lowest BCUT2D eigenvalue weighted by atomic mass is 10.1. The van der Waals surface area contributed by atoms with Crippen LogP contribution in [0.1, 0.15) is 20.3 Å². The Bertz CT molecular complexity index is 471. The molecule has 0 aliphatic carbocycles. The number of benzene rings is 1. The molecule has 1 heterocycles. The summed E-state index contributed by atoms with van der Waals surface area (Å²) in [7, 11) is 0. The van der Waals surface area contributed by atoms with Crippen molar-refractivity contribution >= 4 is 11.6 Å². The van der Waals surface area contributed by atoms with E-state index in [1.165, 1.54) is 13.8 Å². The van der Waals surface area contributed by atoms with Crippen LogP contribution in [0.3, 0.4) is 0 Å². The molecular formula is C16H17NO2. The van der Waals surface area contributed by atoms with Gasteiger partial charge >= 0.3 is 0 Å². The van der Waals surface area contributed by atoms with Gasteiger partial charge in [-0.15, -0.1) is 0 Å². The van der Waals surface area contributed by atoms with Crippen molar-refractivity contribution in [2.45, 2.75) is 20.3 Å². The largest absolute Gasteiger partial charge is 0.300 e. The molecule has 0 aliphatic rings. The highest BCUT2D eigenvalue weighted by Crippen LogP contribution is 2.14. The highest BCUT2D eigenvalue weighted by molar-refractivity contribution is 5.96. The number of ketones is 2. The smallest absolute Gasteiger partial charge is 0.137 e. The van der Waals surface area contributed by atoms with E-state index in [0.29, 0.717) is 0 Å². The number of carbonyl (C=O) groups excluding carboxylic acids is 2. The van der Waals surface area contributed by atoms with Crippen molar-refractivity contribution in [3.05, 3.63) is 54.7 Å². The molecule has 0 unspecified atom stereocenters. The zero-order chi connectivity index (χ0) is 14.1. The fourth-order valence-electron chi connectivity index (χ4n) is 1.49. The van der Waals surface area contributed by atoms with Gasteiger partial charge < -0.3 is 0 Å². The maximum atomic E-state index is 10.0. The van der Waals surface area contributed by atoms with E-state index in [1.807, 2.05) is 42.6 Å². The summed E-state index contributed by atoms with van der Waals surface area (Å²) < 4.78 is 0. The van der Waals surface area contributed by atoms with Crippen LogP contribution in [0.25, 0.3) is 11.3 Å². The Labute approximate surface area is 113 Å². The number of hydrogen-bond acceptors (Lipinski definition) is 3. The van der Waals surface area contributed by atoms with Crippen molar-refractivity contribution in [1.29, 1.82) is 0 Å². The lowest BCUT2D eigenvalue weighted by Gasteiger charge is -1.97. The molecule has 0 bridgehead atoms. The van der Waals surface area contributed by atoms with Crippen molar-refractivity contribution in [3.8, 4) is 11.3 Å². The lowest BCUT2D eigenvalue weighted by Crippen LogP contribution is -1.97. The van der Waals surface area contributed by atoms with Crippen molar-refractivity contribution in [2.75, 3.05) is 0 Å². The second-order valence-corrected chi connectivity index (χ2v) is 4.16. The van der Waals surface area contributed by atoms with Crippen molar-refractivity contribution < 1.29 is 9.59 Å². The Kier molecular flexibility index (Phi) is 6.16. The third kappa shape index (κ3) is 6.27. The van der Waals surface area contributed by atoms with Crippen molar-refractivity contribution in [2.24, 2.45) is 0 Å². The van der Waals surface area contributed by atoms with Crippen LogP contribution < -0.4 is 0 Å². The molecule has 2 rings (SSSR count). The first kappa shape index (κ1) is 14.8. The van der Waals surface area contributed by atoms with Gasteiger partial charge in [-0.25, -0.2) is 0 Å². The summed E-state index contributed by atoms with van der Waals surface area (Å²) in [6, 6.07) is 16.1. The topological polar surface area (TPSA) is 47.0 Å². The quantitative estimate of drug-likeness (QED) is 0.790. The van der Waals surface area contributed by atoms with E-state index in [1.54, 1.807) is 0 Å². The van der Waals surface area contributed by atoms with Gasteiger partial charge in [0.15, 0.2) is 0 Å². The van der Waals surface area contributed by atoms with Crippen LogP contribution in [0.4, 0.5) is 0 Å². The second-order valence-electron chi connectivity index (χ2n) is 4.16. The number of aromatic nitrogens is 1. The second kappa shape index (κ2) is 7.93. The van der Waals surface area contributed by atoms with E-state index in [9.17, 15) is 9.59 Å². The summed E-state index contributed by atoms with van der Waals surface area (Å²) >= 11 is 0. The number of hydrogen-bond donors (Lipinski definition) is 0. The number of pyridine rings is 1. The van der Waals surface area contributed by atoms with E-state index in [-0.39, 0.29) is 18.0 Å². The minimum atomic E-state index is -0.0625. The van der Waals surface area contributed by atoms with Gasteiger partial charge in [0.1, 0.15) is 11.6 Å².